The molecule has 1 N–H and O–H groups in total. The molecule has 1 aromatic rings. The lowest BCUT2D eigenvalue weighted by atomic mass is 9.74. The second-order valence-electron chi connectivity index (χ2n) is 8.09. The number of hydrogen-bond donors (Lipinski definition) is 1. The van der Waals surface area contributed by atoms with Crippen molar-refractivity contribution in [2.75, 3.05) is 39.8 Å². The first-order chi connectivity index (χ1) is 15.0. The van der Waals surface area contributed by atoms with Gasteiger partial charge in [-0.2, -0.15) is 4.98 Å². The van der Waals surface area contributed by atoms with Gasteiger partial charge in [0.05, 0.1) is 44.2 Å². The van der Waals surface area contributed by atoms with Gasteiger partial charge in [-0.25, -0.2) is 4.98 Å². The molecule has 0 radical (unpaired) electrons. The molecule has 4 rings (SSSR count). The maximum atomic E-state index is 10.3. The number of nitrogens with zero attached hydrogens (tertiary/aromatic N) is 4. The Bertz CT molecular complexity index is 980. The van der Waals surface area contributed by atoms with Crippen LogP contribution >= 0.6 is 0 Å². The number of hydrogen-bond acceptors (Lipinski definition) is 8. The summed E-state index contributed by atoms with van der Waals surface area (Å²) in [6.45, 7) is 2.49. The molecule has 3 aliphatic rings. The van der Waals surface area contributed by atoms with Crippen LogP contribution in [0.5, 0.6) is 5.88 Å². The van der Waals surface area contributed by atoms with E-state index in [1.807, 2.05) is 38.1 Å². The predicted molar refractivity (Wildman–Crippen MR) is 118 cm³/mol. The number of aliphatic imine (C=N–C) groups is 1. The molecule has 0 saturated heterocycles. The third-order valence-electron chi connectivity index (χ3n) is 5.90. The summed E-state index contributed by atoms with van der Waals surface area (Å²) in [5.41, 5.74) is 3.89. The van der Waals surface area contributed by atoms with E-state index in [1.165, 1.54) is 5.57 Å². The first kappa shape index (κ1) is 21.4. The standard InChI is InChI=1S/C23H30N4O4/c1-6-31-20-10-14-15-9-13(28)7-8-18(15)25-21(16(14)11-19(20)29-4)17-12-24-23(27(2)3)26-22(17)30-5/h10-13,16,18,28H,6-9H2,1-5H3/t13-,16?,18-/m1/s1. The van der Waals surface area contributed by atoms with E-state index in [4.69, 9.17) is 19.2 Å². The van der Waals surface area contributed by atoms with Crippen molar-refractivity contribution in [3.05, 3.63) is 46.6 Å². The molecule has 2 heterocycles. The Morgan fingerprint density at radius 2 is 1.97 bits per heavy atom. The molecule has 1 aromatic heterocycles. The Kier molecular flexibility index (Phi) is 6.00. The fourth-order valence-electron chi connectivity index (χ4n) is 4.44. The normalized spacial score (nSPS) is 25.0. The highest BCUT2D eigenvalue weighted by Gasteiger charge is 2.38. The first-order valence-corrected chi connectivity index (χ1v) is 10.6. The van der Waals surface area contributed by atoms with Crippen molar-refractivity contribution < 1.29 is 19.3 Å². The fourth-order valence-corrected chi connectivity index (χ4v) is 4.44. The smallest absolute Gasteiger partial charge is 0.228 e. The van der Waals surface area contributed by atoms with Crippen LogP contribution in [0, 0.1) is 5.92 Å². The molecular formula is C23H30N4O4. The summed E-state index contributed by atoms with van der Waals surface area (Å²) in [5, 5.41) is 10.3. The van der Waals surface area contributed by atoms with Gasteiger partial charge < -0.3 is 24.2 Å². The average molecular weight is 427 g/mol. The van der Waals surface area contributed by atoms with E-state index in [9.17, 15) is 5.11 Å². The summed E-state index contributed by atoms with van der Waals surface area (Å²) in [4.78, 5) is 16.0. The van der Waals surface area contributed by atoms with Crippen LogP contribution in [0.4, 0.5) is 5.95 Å². The third-order valence-corrected chi connectivity index (χ3v) is 5.90. The molecule has 0 spiro atoms. The van der Waals surface area contributed by atoms with Crippen molar-refractivity contribution in [3.63, 3.8) is 0 Å². The third kappa shape index (κ3) is 3.92. The summed E-state index contributed by atoms with van der Waals surface area (Å²) in [7, 11) is 7.03. The Hall–Kier alpha value is -2.87. The van der Waals surface area contributed by atoms with Crippen LogP contribution in [0.25, 0.3) is 0 Å². The van der Waals surface area contributed by atoms with Crippen LogP contribution in [0.2, 0.25) is 0 Å². The fraction of sp³-hybridized carbons (Fsp3) is 0.522. The molecule has 2 aliphatic carbocycles. The second-order valence-corrected chi connectivity index (χ2v) is 8.09. The number of aromatic nitrogens is 2. The summed E-state index contributed by atoms with van der Waals surface area (Å²) in [5.74, 6) is 2.28. The van der Waals surface area contributed by atoms with Gasteiger partial charge in [-0.3, -0.25) is 4.99 Å². The van der Waals surface area contributed by atoms with Gasteiger partial charge in [0.25, 0.3) is 0 Å². The zero-order chi connectivity index (χ0) is 22.1. The van der Waals surface area contributed by atoms with Crippen molar-refractivity contribution in [3.8, 4) is 5.88 Å². The molecule has 1 unspecified atom stereocenters. The molecule has 166 valence electrons. The zero-order valence-corrected chi connectivity index (χ0v) is 18.8. The van der Waals surface area contributed by atoms with Crippen LogP contribution in [0.15, 0.2) is 46.0 Å². The van der Waals surface area contributed by atoms with Gasteiger partial charge in [-0.15, -0.1) is 0 Å². The monoisotopic (exact) mass is 426 g/mol. The van der Waals surface area contributed by atoms with Gasteiger partial charge in [-0.05, 0) is 49.5 Å². The number of ether oxygens (including phenoxy) is 3. The van der Waals surface area contributed by atoms with Crippen molar-refractivity contribution in [2.24, 2.45) is 10.9 Å². The van der Waals surface area contributed by atoms with Crippen LogP contribution in [0.1, 0.15) is 31.7 Å². The highest BCUT2D eigenvalue weighted by molar-refractivity contribution is 6.08. The maximum Gasteiger partial charge on any atom is 0.228 e. The van der Waals surface area contributed by atoms with Crippen LogP contribution in [0.3, 0.4) is 0 Å². The minimum absolute atomic E-state index is 0.0134. The minimum Gasteiger partial charge on any atom is -0.493 e. The molecule has 1 fully saturated rings. The van der Waals surface area contributed by atoms with E-state index >= 15 is 0 Å². The summed E-state index contributed by atoms with van der Waals surface area (Å²) in [6, 6.07) is 0.0134. The molecule has 8 heteroatoms. The van der Waals surface area contributed by atoms with E-state index in [1.54, 1.807) is 20.4 Å². The zero-order valence-electron chi connectivity index (χ0n) is 18.8. The van der Waals surface area contributed by atoms with Gasteiger partial charge in [0.15, 0.2) is 11.5 Å². The SMILES string of the molecule is CCOC1=CC2=C3C[C@H](O)CC[C@H]3N=C(c3cnc(N(C)C)nc3OC)C2C=C1OC. The van der Waals surface area contributed by atoms with E-state index in [2.05, 4.69) is 9.97 Å². The molecule has 0 amide bonds. The number of methoxy groups -OCH3 is 2. The van der Waals surface area contributed by atoms with Crippen LogP contribution in [-0.2, 0) is 9.47 Å². The topological polar surface area (TPSA) is 89.3 Å². The Balaban J connectivity index is 1.85. The van der Waals surface area contributed by atoms with Crippen LogP contribution in [-0.4, -0.2) is 67.9 Å². The number of aliphatic hydroxyl groups excluding tert-OH is 1. The quantitative estimate of drug-likeness (QED) is 0.748. The molecule has 1 aliphatic heterocycles. The second kappa shape index (κ2) is 8.70. The lowest BCUT2D eigenvalue weighted by Gasteiger charge is -2.37. The minimum atomic E-state index is -0.342. The van der Waals surface area contributed by atoms with E-state index in [0.717, 1.165) is 29.7 Å². The molecular weight excluding hydrogens is 396 g/mol. The van der Waals surface area contributed by atoms with Gasteiger partial charge in [0.1, 0.15) is 0 Å². The van der Waals surface area contributed by atoms with E-state index in [-0.39, 0.29) is 18.1 Å². The summed E-state index contributed by atoms with van der Waals surface area (Å²) >= 11 is 0. The lowest BCUT2D eigenvalue weighted by molar-refractivity contribution is 0.143. The Labute approximate surface area is 183 Å². The Morgan fingerprint density at radius 3 is 2.65 bits per heavy atom. The van der Waals surface area contributed by atoms with Crippen molar-refractivity contribution >= 4 is 11.7 Å². The number of aliphatic hydroxyl groups is 1. The molecule has 1 saturated carbocycles. The van der Waals surface area contributed by atoms with Gasteiger partial charge >= 0.3 is 0 Å². The van der Waals surface area contributed by atoms with E-state index in [0.29, 0.717) is 36.4 Å². The van der Waals surface area contributed by atoms with Crippen LogP contribution < -0.4 is 9.64 Å². The number of rotatable bonds is 6. The highest BCUT2D eigenvalue weighted by atomic mass is 16.5. The number of anilines is 1. The summed E-state index contributed by atoms with van der Waals surface area (Å²) in [6.07, 6.45) is 7.66. The molecule has 31 heavy (non-hydrogen) atoms. The van der Waals surface area contributed by atoms with E-state index < -0.39 is 0 Å². The molecule has 8 nitrogen and oxygen atoms in total. The molecule has 0 bridgehead atoms. The lowest BCUT2D eigenvalue weighted by Crippen LogP contribution is -2.34. The molecule has 3 atom stereocenters. The number of dihydropyridines is 1. The van der Waals surface area contributed by atoms with Gasteiger partial charge in [0.2, 0.25) is 11.8 Å². The van der Waals surface area contributed by atoms with Gasteiger partial charge in [-0.1, -0.05) is 0 Å². The molecule has 0 aromatic carbocycles. The highest BCUT2D eigenvalue weighted by Crippen LogP contribution is 2.43. The summed E-state index contributed by atoms with van der Waals surface area (Å²) < 4.78 is 17.1. The van der Waals surface area contributed by atoms with Crippen molar-refractivity contribution in [1.82, 2.24) is 9.97 Å². The predicted octanol–water partition coefficient (Wildman–Crippen LogP) is 2.64. The number of allylic oxidation sites excluding steroid dienone is 3. The largest absolute Gasteiger partial charge is 0.493 e. The average Bonchev–Trinajstić information content (AvgIpc) is 2.78. The van der Waals surface area contributed by atoms with Gasteiger partial charge in [0, 0.05) is 26.2 Å². The Morgan fingerprint density at radius 1 is 1.16 bits per heavy atom. The maximum absolute atomic E-state index is 10.3. The van der Waals surface area contributed by atoms with Crippen molar-refractivity contribution in [1.29, 1.82) is 0 Å². The first-order valence-electron chi connectivity index (χ1n) is 10.6. The van der Waals surface area contributed by atoms with Crippen molar-refractivity contribution in [2.45, 2.75) is 38.3 Å². The number of fused-ring (bicyclic) bond motifs is 2.